The van der Waals surface area contributed by atoms with Gasteiger partial charge in [0.1, 0.15) is 0 Å². The first-order chi connectivity index (χ1) is 10.5. The Labute approximate surface area is 132 Å². The Morgan fingerprint density at radius 1 is 1.27 bits per heavy atom. The first-order valence-corrected chi connectivity index (χ1v) is 7.98. The molecule has 0 aliphatic carbocycles. The highest BCUT2D eigenvalue weighted by Gasteiger charge is 2.29. The predicted octanol–water partition coefficient (Wildman–Crippen LogP) is 3.21. The summed E-state index contributed by atoms with van der Waals surface area (Å²) in [7, 11) is 0. The van der Waals surface area contributed by atoms with E-state index in [1.807, 2.05) is 45.9 Å². The van der Waals surface area contributed by atoms with E-state index in [0.717, 1.165) is 17.5 Å². The summed E-state index contributed by atoms with van der Waals surface area (Å²) < 4.78 is 0. The Kier molecular flexibility index (Phi) is 6.96. The molecule has 0 saturated carbocycles. The predicted molar refractivity (Wildman–Crippen MR) is 86.7 cm³/mol. The van der Waals surface area contributed by atoms with E-state index in [1.165, 1.54) is 0 Å². The molecule has 0 bridgehead atoms. The summed E-state index contributed by atoms with van der Waals surface area (Å²) in [5.74, 6) is -0.964. The van der Waals surface area contributed by atoms with E-state index in [0.29, 0.717) is 18.4 Å². The van der Waals surface area contributed by atoms with E-state index >= 15 is 0 Å². The number of benzene rings is 1. The highest BCUT2D eigenvalue weighted by atomic mass is 16.2. The van der Waals surface area contributed by atoms with Gasteiger partial charge in [0.05, 0.1) is 0 Å². The van der Waals surface area contributed by atoms with Gasteiger partial charge in [-0.3, -0.25) is 19.7 Å². The number of ketones is 1. The minimum atomic E-state index is -0.384. The average Bonchev–Trinajstić information content (AvgIpc) is 2.51. The van der Waals surface area contributed by atoms with Crippen molar-refractivity contribution in [1.82, 2.24) is 5.32 Å². The summed E-state index contributed by atoms with van der Waals surface area (Å²) in [6.45, 7) is 8.01. The lowest BCUT2D eigenvalue weighted by atomic mass is 9.88. The van der Waals surface area contributed by atoms with E-state index in [1.54, 1.807) is 0 Å². The second kappa shape index (κ2) is 8.47. The number of Topliss-reactive ketones (excluding diaryl/α,β-unsaturated/α-hetero) is 1. The number of hydrogen-bond donors (Lipinski definition) is 1. The van der Waals surface area contributed by atoms with E-state index < -0.39 is 0 Å². The minimum Gasteiger partial charge on any atom is -0.296 e. The van der Waals surface area contributed by atoms with Crippen molar-refractivity contribution in [1.29, 1.82) is 0 Å². The van der Waals surface area contributed by atoms with Crippen molar-refractivity contribution in [3.8, 4) is 0 Å². The molecular formula is C18H25NO3. The van der Waals surface area contributed by atoms with Crippen LogP contribution < -0.4 is 5.32 Å². The van der Waals surface area contributed by atoms with Crippen molar-refractivity contribution in [3.05, 3.63) is 34.9 Å². The van der Waals surface area contributed by atoms with Crippen molar-refractivity contribution < 1.29 is 14.4 Å². The standard InChI is InChI=1S/C16H19NO3.C2H6/c1-3-12-10(2)5-4-6-13(12)14(18)9-11-7-8-15(19)17-16(11)20;1-2/h4-6,11H,3,7-9H2,1-2H3,(H,17,19,20);1-2H3. The zero-order valence-corrected chi connectivity index (χ0v) is 13.9. The summed E-state index contributed by atoms with van der Waals surface area (Å²) in [4.78, 5) is 35.2. The largest absolute Gasteiger partial charge is 0.296 e. The Hall–Kier alpha value is -1.97. The Bertz CT molecular complexity index is 563. The number of carbonyl (C=O) groups excluding carboxylic acids is 3. The number of carbonyl (C=O) groups is 3. The molecule has 1 atom stereocenters. The fourth-order valence-electron chi connectivity index (χ4n) is 2.70. The number of nitrogens with one attached hydrogen (secondary N) is 1. The lowest BCUT2D eigenvalue weighted by Gasteiger charge is -2.20. The number of amides is 2. The molecular weight excluding hydrogens is 278 g/mol. The third-order valence-corrected chi connectivity index (χ3v) is 3.85. The summed E-state index contributed by atoms with van der Waals surface area (Å²) in [6, 6.07) is 5.67. The smallest absolute Gasteiger partial charge is 0.230 e. The highest BCUT2D eigenvalue weighted by molar-refractivity contribution is 6.03. The second-order valence-electron chi connectivity index (χ2n) is 5.23. The van der Waals surface area contributed by atoms with Gasteiger partial charge < -0.3 is 0 Å². The summed E-state index contributed by atoms with van der Waals surface area (Å²) >= 11 is 0. The molecule has 22 heavy (non-hydrogen) atoms. The van der Waals surface area contributed by atoms with Crippen LogP contribution in [0.1, 0.15) is 61.5 Å². The fraction of sp³-hybridized carbons (Fsp3) is 0.500. The maximum absolute atomic E-state index is 12.4. The second-order valence-corrected chi connectivity index (χ2v) is 5.23. The molecule has 1 aliphatic rings. The van der Waals surface area contributed by atoms with Crippen LogP contribution in [-0.4, -0.2) is 17.6 Å². The van der Waals surface area contributed by atoms with Crippen LogP contribution in [-0.2, 0) is 16.0 Å². The zero-order chi connectivity index (χ0) is 16.7. The topological polar surface area (TPSA) is 63.2 Å². The van der Waals surface area contributed by atoms with Gasteiger partial charge in [-0.1, -0.05) is 39.0 Å². The number of hydrogen-bond acceptors (Lipinski definition) is 3. The van der Waals surface area contributed by atoms with Crippen LogP contribution in [0, 0.1) is 12.8 Å². The molecule has 1 saturated heterocycles. The van der Waals surface area contributed by atoms with Gasteiger partial charge in [0.2, 0.25) is 11.8 Å². The number of rotatable bonds is 4. The van der Waals surface area contributed by atoms with E-state index in [4.69, 9.17) is 0 Å². The molecule has 0 radical (unpaired) electrons. The molecule has 2 rings (SSSR count). The molecule has 1 unspecified atom stereocenters. The van der Waals surface area contributed by atoms with Gasteiger partial charge in [0.25, 0.3) is 0 Å². The van der Waals surface area contributed by atoms with E-state index in [-0.39, 0.29) is 29.9 Å². The quantitative estimate of drug-likeness (QED) is 0.686. The molecule has 1 fully saturated rings. The van der Waals surface area contributed by atoms with Gasteiger partial charge in [0, 0.05) is 24.3 Å². The van der Waals surface area contributed by atoms with Crippen LogP contribution in [0.3, 0.4) is 0 Å². The fourth-order valence-corrected chi connectivity index (χ4v) is 2.70. The normalized spacial score (nSPS) is 17.4. The maximum atomic E-state index is 12.4. The molecule has 1 aromatic rings. The van der Waals surface area contributed by atoms with Gasteiger partial charge in [-0.25, -0.2) is 0 Å². The van der Waals surface area contributed by atoms with Crippen molar-refractivity contribution in [2.45, 2.75) is 53.4 Å². The van der Waals surface area contributed by atoms with Crippen molar-refractivity contribution in [2.75, 3.05) is 0 Å². The molecule has 1 heterocycles. The van der Waals surface area contributed by atoms with Crippen molar-refractivity contribution in [2.24, 2.45) is 5.92 Å². The molecule has 4 nitrogen and oxygen atoms in total. The molecule has 120 valence electrons. The van der Waals surface area contributed by atoms with Gasteiger partial charge in [-0.2, -0.15) is 0 Å². The highest BCUT2D eigenvalue weighted by Crippen LogP contribution is 2.22. The van der Waals surface area contributed by atoms with Crippen molar-refractivity contribution >= 4 is 17.6 Å². The molecule has 0 spiro atoms. The number of imide groups is 1. The Balaban J connectivity index is 0.00000116. The Morgan fingerprint density at radius 2 is 1.95 bits per heavy atom. The third kappa shape index (κ3) is 4.26. The van der Waals surface area contributed by atoms with Gasteiger partial charge in [-0.05, 0) is 30.9 Å². The van der Waals surface area contributed by atoms with Crippen molar-refractivity contribution in [3.63, 3.8) is 0 Å². The molecule has 4 heteroatoms. The van der Waals surface area contributed by atoms with Gasteiger partial charge in [0.15, 0.2) is 5.78 Å². The molecule has 0 aromatic heterocycles. The van der Waals surface area contributed by atoms with Crippen LogP contribution in [0.2, 0.25) is 0 Å². The van der Waals surface area contributed by atoms with E-state index in [2.05, 4.69) is 5.32 Å². The van der Waals surface area contributed by atoms with Crippen LogP contribution in [0.15, 0.2) is 18.2 Å². The first-order valence-electron chi connectivity index (χ1n) is 7.98. The van der Waals surface area contributed by atoms with Crippen LogP contribution in [0.25, 0.3) is 0 Å². The number of piperidine rings is 1. The average molecular weight is 303 g/mol. The summed E-state index contributed by atoms with van der Waals surface area (Å²) in [5.41, 5.74) is 2.85. The summed E-state index contributed by atoms with van der Waals surface area (Å²) in [6.07, 6.45) is 1.75. The monoisotopic (exact) mass is 303 g/mol. The Morgan fingerprint density at radius 3 is 2.55 bits per heavy atom. The lowest BCUT2D eigenvalue weighted by molar-refractivity contribution is -0.136. The minimum absolute atomic E-state index is 0.0138. The third-order valence-electron chi connectivity index (χ3n) is 3.85. The molecule has 2 amide bonds. The molecule has 1 N–H and O–H groups in total. The number of aryl methyl sites for hydroxylation is 1. The van der Waals surface area contributed by atoms with Crippen LogP contribution in [0.5, 0.6) is 0 Å². The SMILES string of the molecule is CC.CCc1c(C)cccc1C(=O)CC1CCC(=O)NC1=O. The van der Waals surface area contributed by atoms with Gasteiger partial charge in [-0.15, -0.1) is 0 Å². The first kappa shape index (κ1) is 18.1. The van der Waals surface area contributed by atoms with Crippen LogP contribution in [0.4, 0.5) is 0 Å². The van der Waals surface area contributed by atoms with Gasteiger partial charge >= 0.3 is 0 Å². The summed E-state index contributed by atoms with van der Waals surface area (Å²) in [5, 5.41) is 2.30. The van der Waals surface area contributed by atoms with E-state index in [9.17, 15) is 14.4 Å². The zero-order valence-electron chi connectivity index (χ0n) is 13.9. The van der Waals surface area contributed by atoms with Crippen LogP contribution >= 0.6 is 0 Å². The molecule has 1 aliphatic heterocycles. The molecule has 1 aromatic carbocycles. The maximum Gasteiger partial charge on any atom is 0.230 e. The lowest BCUT2D eigenvalue weighted by Crippen LogP contribution is -2.41.